The predicted octanol–water partition coefficient (Wildman–Crippen LogP) is 0.856. The van der Waals surface area contributed by atoms with Crippen LogP contribution in [0, 0.1) is 5.92 Å². The molecule has 0 rings (SSSR count). The van der Waals surface area contributed by atoms with E-state index >= 15 is 0 Å². The fourth-order valence-electron chi connectivity index (χ4n) is 1.34. The number of nitrogens with zero attached hydrogens (tertiary/aromatic N) is 1. The molecule has 0 radical (unpaired) electrons. The second-order valence-corrected chi connectivity index (χ2v) is 4.03. The first-order valence-corrected chi connectivity index (χ1v) is 5.54. The normalized spacial score (nSPS) is 12.5. The van der Waals surface area contributed by atoms with Gasteiger partial charge in [0.2, 0.25) is 5.91 Å². The van der Waals surface area contributed by atoms with E-state index in [9.17, 15) is 4.79 Å². The van der Waals surface area contributed by atoms with Crippen LogP contribution in [-0.2, 0) is 9.53 Å². The molecule has 0 aromatic heterocycles. The van der Waals surface area contributed by atoms with Crippen LogP contribution in [0.4, 0.5) is 0 Å². The van der Waals surface area contributed by atoms with Gasteiger partial charge in [-0.25, -0.2) is 0 Å². The van der Waals surface area contributed by atoms with Crippen LogP contribution in [0.1, 0.15) is 26.2 Å². The fraction of sp³-hybridized carbons (Fsp3) is 0.909. The van der Waals surface area contributed by atoms with E-state index in [1.165, 1.54) is 0 Å². The van der Waals surface area contributed by atoms with E-state index in [2.05, 4.69) is 6.92 Å². The predicted molar refractivity (Wildman–Crippen MR) is 61.6 cm³/mol. The molecule has 0 aliphatic rings. The van der Waals surface area contributed by atoms with Gasteiger partial charge in [-0.1, -0.05) is 6.92 Å². The average Bonchev–Trinajstić information content (AvgIpc) is 2.22. The van der Waals surface area contributed by atoms with Gasteiger partial charge in [0.25, 0.3) is 0 Å². The van der Waals surface area contributed by atoms with Gasteiger partial charge in [0, 0.05) is 27.1 Å². The van der Waals surface area contributed by atoms with Crippen molar-refractivity contribution in [2.45, 2.75) is 26.2 Å². The van der Waals surface area contributed by atoms with Crippen molar-refractivity contribution in [1.82, 2.24) is 4.90 Å². The molecule has 15 heavy (non-hydrogen) atoms. The lowest BCUT2D eigenvalue weighted by atomic mass is 10.0. The van der Waals surface area contributed by atoms with Gasteiger partial charge in [0.05, 0.1) is 6.61 Å². The molecule has 4 heteroatoms. The molecule has 1 atom stereocenters. The first-order chi connectivity index (χ1) is 7.11. The van der Waals surface area contributed by atoms with Gasteiger partial charge >= 0.3 is 0 Å². The lowest BCUT2D eigenvalue weighted by Gasteiger charge is -2.17. The van der Waals surface area contributed by atoms with Gasteiger partial charge < -0.3 is 15.4 Å². The number of likely N-dealkylation sites (N-methyl/N-ethyl adjacent to an activating group) is 1. The van der Waals surface area contributed by atoms with Crippen molar-refractivity contribution >= 4 is 5.91 Å². The number of amides is 1. The Kier molecular flexibility index (Phi) is 8.33. The maximum absolute atomic E-state index is 11.6. The Bertz CT molecular complexity index is 174. The summed E-state index contributed by atoms with van der Waals surface area (Å²) < 4.78 is 4.92. The molecule has 1 amide bonds. The number of hydrogen-bond donors (Lipinski definition) is 1. The summed E-state index contributed by atoms with van der Waals surface area (Å²) in [6.07, 6.45) is 2.53. The Balaban J connectivity index is 3.63. The molecule has 1 unspecified atom stereocenters. The van der Waals surface area contributed by atoms with Crippen molar-refractivity contribution in [3.63, 3.8) is 0 Å². The number of nitrogens with two attached hydrogens (primary N) is 1. The number of ether oxygens (including phenoxy) is 1. The summed E-state index contributed by atoms with van der Waals surface area (Å²) in [5.41, 5.74) is 5.45. The Morgan fingerprint density at radius 1 is 1.47 bits per heavy atom. The third-order valence-corrected chi connectivity index (χ3v) is 2.57. The monoisotopic (exact) mass is 216 g/mol. The molecule has 0 aromatic carbocycles. The lowest BCUT2D eigenvalue weighted by molar-refractivity contribution is -0.130. The SMILES string of the molecule is COCCN(C)C(=O)CCC(C)CCN. The topological polar surface area (TPSA) is 55.6 Å². The molecule has 0 saturated carbocycles. The highest BCUT2D eigenvalue weighted by Gasteiger charge is 2.10. The average molecular weight is 216 g/mol. The molecular weight excluding hydrogens is 192 g/mol. The molecule has 0 spiro atoms. The van der Waals surface area contributed by atoms with Crippen LogP contribution in [0.5, 0.6) is 0 Å². The van der Waals surface area contributed by atoms with Gasteiger partial charge in [-0.2, -0.15) is 0 Å². The van der Waals surface area contributed by atoms with E-state index < -0.39 is 0 Å². The Morgan fingerprint density at radius 3 is 2.67 bits per heavy atom. The van der Waals surface area contributed by atoms with E-state index in [1.54, 1.807) is 12.0 Å². The fourth-order valence-corrected chi connectivity index (χ4v) is 1.34. The summed E-state index contributed by atoms with van der Waals surface area (Å²) in [6, 6.07) is 0. The van der Waals surface area contributed by atoms with Gasteiger partial charge in [-0.3, -0.25) is 4.79 Å². The third kappa shape index (κ3) is 7.33. The maximum atomic E-state index is 11.6. The second kappa shape index (κ2) is 8.68. The molecule has 0 saturated heterocycles. The van der Waals surface area contributed by atoms with Crippen LogP contribution < -0.4 is 5.73 Å². The van der Waals surface area contributed by atoms with E-state index in [0.717, 1.165) is 12.8 Å². The quantitative estimate of drug-likeness (QED) is 0.654. The third-order valence-electron chi connectivity index (χ3n) is 2.57. The minimum atomic E-state index is 0.191. The van der Waals surface area contributed by atoms with Crippen molar-refractivity contribution in [1.29, 1.82) is 0 Å². The van der Waals surface area contributed by atoms with Crippen molar-refractivity contribution in [2.24, 2.45) is 11.7 Å². The summed E-state index contributed by atoms with van der Waals surface area (Å²) >= 11 is 0. The van der Waals surface area contributed by atoms with E-state index in [1.807, 2.05) is 7.05 Å². The van der Waals surface area contributed by atoms with Crippen LogP contribution in [0.15, 0.2) is 0 Å². The Labute approximate surface area is 92.8 Å². The van der Waals surface area contributed by atoms with Gasteiger partial charge in [-0.05, 0) is 25.3 Å². The highest BCUT2D eigenvalue weighted by Crippen LogP contribution is 2.09. The molecular formula is C11H24N2O2. The standard InChI is InChI=1S/C11H24N2O2/c1-10(6-7-12)4-5-11(14)13(2)8-9-15-3/h10H,4-9,12H2,1-3H3. The van der Waals surface area contributed by atoms with Crippen LogP contribution in [0.3, 0.4) is 0 Å². The highest BCUT2D eigenvalue weighted by molar-refractivity contribution is 5.75. The molecule has 0 heterocycles. The van der Waals surface area contributed by atoms with E-state index in [-0.39, 0.29) is 5.91 Å². The Morgan fingerprint density at radius 2 is 2.13 bits per heavy atom. The largest absolute Gasteiger partial charge is 0.383 e. The first kappa shape index (κ1) is 14.4. The molecule has 0 fully saturated rings. The molecule has 0 aliphatic heterocycles. The van der Waals surface area contributed by atoms with Crippen molar-refractivity contribution in [2.75, 3.05) is 33.9 Å². The number of carbonyl (C=O) groups is 1. The summed E-state index contributed by atoms with van der Waals surface area (Å²) in [5, 5.41) is 0. The molecule has 2 N–H and O–H groups in total. The number of hydrogen-bond acceptors (Lipinski definition) is 3. The maximum Gasteiger partial charge on any atom is 0.222 e. The zero-order valence-corrected chi connectivity index (χ0v) is 10.2. The van der Waals surface area contributed by atoms with Crippen molar-refractivity contribution in [3.8, 4) is 0 Å². The van der Waals surface area contributed by atoms with Gasteiger partial charge in [0.1, 0.15) is 0 Å². The zero-order valence-electron chi connectivity index (χ0n) is 10.2. The lowest BCUT2D eigenvalue weighted by Crippen LogP contribution is -2.30. The summed E-state index contributed by atoms with van der Waals surface area (Å²) in [5.74, 6) is 0.727. The van der Waals surface area contributed by atoms with Crippen molar-refractivity contribution < 1.29 is 9.53 Å². The van der Waals surface area contributed by atoms with Gasteiger partial charge in [-0.15, -0.1) is 0 Å². The van der Waals surface area contributed by atoms with Crippen LogP contribution in [0.25, 0.3) is 0 Å². The Hall–Kier alpha value is -0.610. The summed E-state index contributed by atoms with van der Waals surface area (Å²) in [4.78, 5) is 13.3. The zero-order chi connectivity index (χ0) is 11.7. The first-order valence-electron chi connectivity index (χ1n) is 5.54. The van der Waals surface area contributed by atoms with Crippen LogP contribution in [0.2, 0.25) is 0 Å². The number of methoxy groups -OCH3 is 1. The molecule has 0 aliphatic carbocycles. The van der Waals surface area contributed by atoms with Gasteiger partial charge in [0.15, 0.2) is 0 Å². The second-order valence-electron chi connectivity index (χ2n) is 4.03. The summed E-state index contributed by atoms with van der Waals surface area (Å²) in [6.45, 7) is 4.10. The summed E-state index contributed by atoms with van der Waals surface area (Å²) in [7, 11) is 3.45. The molecule has 4 nitrogen and oxygen atoms in total. The molecule has 0 aromatic rings. The smallest absolute Gasteiger partial charge is 0.222 e. The van der Waals surface area contributed by atoms with Crippen LogP contribution in [-0.4, -0.2) is 44.7 Å². The highest BCUT2D eigenvalue weighted by atomic mass is 16.5. The van der Waals surface area contributed by atoms with Crippen molar-refractivity contribution in [3.05, 3.63) is 0 Å². The minimum Gasteiger partial charge on any atom is -0.383 e. The van der Waals surface area contributed by atoms with E-state index in [0.29, 0.717) is 32.0 Å². The minimum absolute atomic E-state index is 0.191. The van der Waals surface area contributed by atoms with E-state index in [4.69, 9.17) is 10.5 Å². The molecule has 90 valence electrons. The number of rotatable bonds is 8. The molecule has 0 bridgehead atoms. The van der Waals surface area contributed by atoms with Crippen LogP contribution >= 0.6 is 0 Å². The number of carbonyl (C=O) groups excluding carboxylic acids is 1.